The zero-order valence-corrected chi connectivity index (χ0v) is 20.0. The van der Waals surface area contributed by atoms with Gasteiger partial charge in [0.25, 0.3) is 0 Å². The Morgan fingerprint density at radius 2 is 2.29 bits per heavy atom. The summed E-state index contributed by atoms with van der Waals surface area (Å²) in [6.45, 7) is 0.907. The van der Waals surface area contributed by atoms with E-state index in [1.165, 1.54) is 36.6 Å². The van der Waals surface area contributed by atoms with E-state index in [2.05, 4.69) is 26.9 Å². The number of carbonyl (C=O) groups excluding carboxylic acids is 1. The topological polar surface area (TPSA) is 113 Å². The number of nitrogens with zero attached hydrogens (tertiary/aromatic N) is 3. The lowest BCUT2D eigenvalue weighted by molar-refractivity contribution is -0.149. The van der Waals surface area contributed by atoms with E-state index in [9.17, 15) is 19.1 Å². The number of carboxylic acid groups (broad SMARTS) is 1. The maximum absolute atomic E-state index is 13.8. The smallest absolute Gasteiger partial charge is 0.384 e. The number of nitrogens with one attached hydrogen (secondary N) is 1. The van der Waals surface area contributed by atoms with Crippen molar-refractivity contribution in [1.29, 1.82) is 0 Å². The highest BCUT2D eigenvalue weighted by atomic mass is 35.5. The van der Waals surface area contributed by atoms with Crippen molar-refractivity contribution in [3.05, 3.63) is 62.5 Å². The number of carbonyl (C=O) groups is 2. The molecule has 0 aliphatic carbocycles. The summed E-state index contributed by atoms with van der Waals surface area (Å²) >= 11 is 7.74. The molecule has 2 N–H and O–H groups in total. The number of benzene rings is 1. The summed E-state index contributed by atoms with van der Waals surface area (Å²) in [5.74, 6) is 3.37. The summed E-state index contributed by atoms with van der Waals surface area (Å²) in [5, 5.41) is 15.4. The van der Waals surface area contributed by atoms with Gasteiger partial charge in [-0.1, -0.05) is 23.6 Å². The quantitative estimate of drug-likeness (QED) is 0.352. The fraction of sp³-hybridized carbons (Fsp3) is 0.304. The molecule has 2 aliphatic rings. The summed E-state index contributed by atoms with van der Waals surface area (Å²) in [6, 6.07) is 2.26. The van der Waals surface area contributed by atoms with Gasteiger partial charge in [0, 0.05) is 46.9 Å². The van der Waals surface area contributed by atoms with E-state index in [0.717, 1.165) is 0 Å². The Bertz CT molecular complexity index is 1250. The Morgan fingerprint density at radius 3 is 2.97 bits per heavy atom. The number of thiazole rings is 1. The number of aliphatic carboxylic acids is 1. The fourth-order valence-corrected chi connectivity index (χ4v) is 4.55. The first-order valence-electron chi connectivity index (χ1n) is 10.4. The van der Waals surface area contributed by atoms with Gasteiger partial charge in [0.2, 0.25) is 0 Å². The van der Waals surface area contributed by atoms with Crippen molar-refractivity contribution in [1.82, 2.24) is 15.2 Å². The molecule has 2 aromatic rings. The molecule has 1 fully saturated rings. The van der Waals surface area contributed by atoms with Gasteiger partial charge in [0.1, 0.15) is 17.9 Å². The molecule has 182 valence electrons. The molecular weight excluding hydrogens is 499 g/mol. The van der Waals surface area contributed by atoms with Crippen LogP contribution < -0.4 is 5.32 Å². The molecule has 0 radical (unpaired) electrons. The minimum atomic E-state index is -1.02. The van der Waals surface area contributed by atoms with Gasteiger partial charge < -0.3 is 19.9 Å². The van der Waals surface area contributed by atoms with Crippen LogP contribution in [0.25, 0.3) is 0 Å². The number of halogens is 2. The minimum Gasteiger partial charge on any atom is -0.480 e. The number of morpholine rings is 1. The molecule has 1 unspecified atom stereocenters. The van der Waals surface area contributed by atoms with E-state index >= 15 is 0 Å². The van der Waals surface area contributed by atoms with Gasteiger partial charge in [-0.05, 0) is 12.1 Å². The van der Waals surface area contributed by atoms with Gasteiger partial charge in [0.15, 0.2) is 10.8 Å². The standard InChI is InChI=1S/C23H20ClFN4O5S/c1-33-19(30)5-4-15-17(11-29-7-8-34-12-18(29)23(31)32)27-21(22-26-6-9-35-22)28-20(15)14-3-2-13(25)10-16(14)24/h2-3,6,9-10,18,20H,7-8,11-12H2,1H3,(H,27,28)(H,31,32)/t18-,20?/m0/s1. The summed E-state index contributed by atoms with van der Waals surface area (Å²) in [6.07, 6.45) is 1.63. The summed E-state index contributed by atoms with van der Waals surface area (Å²) in [4.78, 5) is 34.5. The molecule has 0 amide bonds. The second kappa shape index (κ2) is 11.0. The fourth-order valence-electron chi connectivity index (χ4n) is 3.69. The molecule has 3 heterocycles. The Hall–Kier alpha value is -3.30. The highest BCUT2D eigenvalue weighted by Crippen LogP contribution is 2.36. The molecule has 0 bridgehead atoms. The van der Waals surface area contributed by atoms with Gasteiger partial charge in [-0.2, -0.15) is 0 Å². The molecule has 12 heteroatoms. The first-order valence-corrected chi connectivity index (χ1v) is 11.7. The van der Waals surface area contributed by atoms with E-state index in [1.807, 2.05) is 0 Å². The monoisotopic (exact) mass is 518 g/mol. The maximum Gasteiger partial charge on any atom is 0.384 e. The van der Waals surface area contributed by atoms with Crippen molar-refractivity contribution < 1.29 is 28.6 Å². The maximum atomic E-state index is 13.8. The van der Waals surface area contributed by atoms with Crippen molar-refractivity contribution in [3.63, 3.8) is 0 Å². The van der Waals surface area contributed by atoms with Crippen LogP contribution in [0.2, 0.25) is 5.02 Å². The Kier molecular flexibility index (Phi) is 7.77. The molecule has 1 aromatic carbocycles. The van der Waals surface area contributed by atoms with E-state index < -0.39 is 29.8 Å². The van der Waals surface area contributed by atoms with E-state index in [-0.39, 0.29) is 18.2 Å². The molecule has 2 atom stereocenters. The lowest BCUT2D eigenvalue weighted by Crippen LogP contribution is -2.52. The number of hydrogen-bond acceptors (Lipinski definition) is 9. The van der Waals surface area contributed by atoms with Crippen LogP contribution in [0.5, 0.6) is 0 Å². The third kappa shape index (κ3) is 5.68. The van der Waals surface area contributed by atoms with Crippen LogP contribution in [-0.2, 0) is 19.1 Å². The Balaban J connectivity index is 1.85. The van der Waals surface area contributed by atoms with Crippen molar-refractivity contribution in [2.45, 2.75) is 12.1 Å². The first kappa shape index (κ1) is 24.8. The number of methoxy groups -OCH3 is 1. The zero-order chi connectivity index (χ0) is 24.9. The third-order valence-corrected chi connectivity index (χ3v) is 6.50. The second-order valence-corrected chi connectivity index (χ2v) is 8.84. The average molecular weight is 519 g/mol. The summed E-state index contributed by atoms with van der Waals surface area (Å²) < 4.78 is 23.8. The zero-order valence-electron chi connectivity index (χ0n) is 18.5. The lowest BCUT2D eigenvalue weighted by Gasteiger charge is -2.35. The molecule has 0 saturated carbocycles. The second-order valence-electron chi connectivity index (χ2n) is 7.54. The van der Waals surface area contributed by atoms with Gasteiger partial charge in [0.05, 0.1) is 25.9 Å². The number of esters is 1. The minimum absolute atomic E-state index is 0.0342. The van der Waals surface area contributed by atoms with Crippen LogP contribution in [0, 0.1) is 17.7 Å². The van der Waals surface area contributed by atoms with Gasteiger partial charge >= 0.3 is 11.9 Å². The van der Waals surface area contributed by atoms with Crippen LogP contribution in [0.3, 0.4) is 0 Å². The molecule has 2 aliphatic heterocycles. The highest BCUT2D eigenvalue weighted by molar-refractivity contribution is 7.11. The number of aromatic nitrogens is 1. The number of amidine groups is 1. The highest BCUT2D eigenvalue weighted by Gasteiger charge is 2.34. The Morgan fingerprint density at radius 1 is 1.46 bits per heavy atom. The average Bonchev–Trinajstić information content (AvgIpc) is 3.38. The molecule has 9 nitrogen and oxygen atoms in total. The number of hydrogen-bond donors (Lipinski definition) is 2. The molecule has 35 heavy (non-hydrogen) atoms. The first-order chi connectivity index (χ1) is 16.9. The molecule has 0 spiro atoms. The van der Waals surface area contributed by atoms with Crippen LogP contribution >= 0.6 is 22.9 Å². The van der Waals surface area contributed by atoms with Gasteiger partial charge in [-0.15, -0.1) is 11.3 Å². The normalized spacial score (nSPS) is 20.4. The van der Waals surface area contributed by atoms with Crippen LogP contribution in [0.15, 0.2) is 46.0 Å². The predicted octanol–water partition coefficient (Wildman–Crippen LogP) is 2.24. The number of aliphatic imine (C=N–C) groups is 1. The predicted molar refractivity (Wildman–Crippen MR) is 127 cm³/mol. The van der Waals surface area contributed by atoms with Crippen LogP contribution in [0.4, 0.5) is 4.39 Å². The number of rotatable bonds is 5. The number of carboxylic acids is 1. The summed E-state index contributed by atoms with van der Waals surface area (Å²) in [7, 11) is 1.21. The van der Waals surface area contributed by atoms with Crippen molar-refractivity contribution in [3.8, 4) is 11.8 Å². The molecule has 1 aromatic heterocycles. The third-order valence-electron chi connectivity index (χ3n) is 5.39. The van der Waals surface area contributed by atoms with Crippen LogP contribution in [0.1, 0.15) is 16.6 Å². The van der Waals surface area contributed by atoms with Gasteiger partial charge in [-0.25, -0.2) is 14.2 Å². The lowest BCUT2D eigenvalue weighted by atomic mass is 9.95. The summed E-state index contributed by atoms with van der Waals surface area (Å²) in [5.41, 5.74) is 1.35. The number of ether oxygens (including phenoxy) is 2. The molecular formula is C23H20ClFN4O5S. The van der Waals surface area contributed by atoms with E-state index in [0.29, 0.717) is 40.8 Å². The van der Waals surface area contributed by atoms with E-state index in [1.54, 1.807) is 16.5 Å². The van der Waals surface area contributed by atoms with Crippen molar-refractivity contribution in [2.24, 2.45) is 4.99 Å². The molecule has 1 saturated heterocycles. The Labute approximate surface area is 209 Å². The van der Waals surface area contributed by atoms with E-state index in [4.69, 9.17) is 21.3 Å². The van der Waals surface area contributed by atoms with Crippen molar-refractivity contribution in [2.75, 3.05) is 33.4 Å². The molecule has 4 rings (SSSR count). The van der Waals surface area contributed by atoms with Crippen molar-refractivity contribution >= 4 is 40.7 Å². The van der Waals surface area contributed by atoms with Gasteiger partial charge in [-0.3, -0.25) is 14.7 Å². The SMILES string of the molecule is COC(=O)C#CC1=C(CN2CCOC[C@H]2C(=O)O)NC(c2nccs2)=NC1c1ccc(F)cc1Cl. The van der Waals surface area contributed by atoms with Crippen LogP contribution in [-0.4, -0.2) is 72.2 Å². The largest absolute Gasteiger partial charge is 0.480 e.